The molecule has 5 heteroatoms. The highest BCUT2D eigenvalue weighted by atomic mass is 16.6. The Balaban J connectivity index is 3.49. The summed E-state index contributed by atoms with van der Waals surface area (Å²) >= 11 is 0. The lowest BCUT2D eigenvalue weighted by molar-refractivity contribution is -0.161. The fraction of sp³-hybridized carbons (Fsp3) is 0.663. The third-order valence-electron chi connectivity index (χ3n) is 15.8. The summed E-state index contributed by atoms with van der Waals surface area (Å²) in [5, 5.41) is 9.71. The Morgan fingerprint density at radius 3 is 0.682 bits per heavy atom. The summed E-state index contributed by atoms with van der Waals surface area (Å²) in [4.78, 5) is 24.7. The lowest BCUT2D eigenvalue weighted by Crippen LogP contribution is -2.28. The molecule has 0 aliphatic rings. The van der Waals surface area contributed by atoms with Gasteiger partial charge >= 0.3 is 11.9 Å². The first-order valence-electron chi connectivity index (χ1n) is 37.0. The van der Waals surface area contributed by atoms with Crippen molar-refractivity contribution in [1.29, 1.82) is 0 Å². The quantitative estimate of drug-likeness (QED) is 0.0373. The number of hydrogen-bond acceptors (Lipinski definition) is 5. The van der Waals surface area contributed by atoms with Crippen LogP contribution in [-0.4, -0.2) is 36.4 Å². The Hall–Kier alpha value is -4.48. The van der Waals surface area contributed by atoms with Crippen molar-refractivity contribution < 1.29 is 24.2 Å². The molecule has 0 saturated carbocycles. The lowest BCUT2D eigenvalue weighted by Gasteiger charge is -2.15. The molecule has 5 nitrogen and oxygen atoms in total. The Morgan fingerprint density at radius 2 is 0.455 bits per heavy atom. The van der Waals surface area contributed by atoms with Crippen LogP contribution in [0.15, 0.2) is 158 Å². The average molecular weight is 1220 g/mol. The molecule has 0 aromatic heterocycles. The van der Waals surface area contributed by atoms with E-state index in [0.29, 0.717) is 12.8 Å². The van der Waals surface area contributed by atoms with Crippen molar-refractivity contribution in [2.24, 2.45) is 0 Å². The van der Waals surface area contributed by atoms with Gasteiger partial charge in [-0.25, -0.2) is 0 Å². The van der Waals surface area contributed by atoms with Crippen molar-refractivity contribution >= 4 is 11.9 Å². The Morgan fingerprint density at radius 1 is 0.261 bits per heavy atom. The van der Waals surface area contributed by atoms with Crippen LogP contribution in [0.5, 0.6) is 0 Å². The monoisotopic (exact) mass is 1220 g/mol. The van der Waals surface area contributed by atoms with Crippen LogP contribution in [0, 0.1) is 0 Å². The zero-order valence-electron chi connectivity index (χ0n) is 57.4. The maximum atomic E-state index is 12.4. The highest BCUT2D eigenvalue weighted by Crippen LogP contribution is 2.18. The van der Waals surface area contributed by atoms with E-state index >= 15 is 0 Å². The summed E-state index contributed by atoms with van der Waals surface area (Å²) < 4.78 is 10.8. The fourth-order valence-electron chi connectivity index (χ4n) is 10.4. The van der Waals surface area contributed by atoms with Crippen molar-refractivity contribution in [3.8, 4) is 0 Å². The molecule has 0 bridgehead atoms. The SMILES string of the molecule is CC/C=C\C/C=C\C/C=C\C/C=C\C/C=C\C/C=C\C/C=C\C/C=C\C/C=C\CCCCCCCC(=O)OC(CO)COC(=O)CCCCCCCCCCCCCCCCCCCCCCCCCCCCCC/C=C\C/C=C\C/C=C\C/C=C\CC. The molecule has 0 spiro atoms. The topological polar surface area (TPSA) is 72.8 Å². The molecule has 1 N–H and O–H groups in total. The minimum atomic E-state index is -0.793. The predicted molar refractivity (Wildman–Crippen MR) is 389 cm³/mol. The van der Waals surface area contributed by atoms with Crippen LogP contribution in [0.2, 0.25) is 0 Å². The molecule has 0 amide bonds. The van der Waals surface area contributed by atoms with Crippen molar-refractivity contribution in [3.63, 3.8) is 0 Å². The van der Waals surface area contributed by atoms with E-state index in [4.69, 9.17) is 9.47 Å². The van der Waals surface area contributed by atoms with E-state index < -0.39 is 6.10 Å². The van der Waals surface area contributed by atoms with Gasteiger partial charge < -0.3 is 14.6 Å². The predicted octanol–water partition coefficient (Wildman–Crippen LogP) is 26.2. The van der Waals surface area contributed by atoms with Crippen LogP contribution in [0.1, 0.15) is 335 Å². The second-order valence-electron chi connectivity index (χ2n) is 24.3. The molecule has 0 aromatic rings. The van der Waals surface area contributed by atoms with Crippen LogP contribution >= 0.6 is 0 Å². The molecule has 0 saturated heterocycles. The van der Waals surface area contributed by atoms with E-state index in [1.807, 2.05) is 0 Å². The summed E-state index contributed by atoms with van der Waals surface area (Å²) in [7, 11) is 0. The second-order valence-corrected chi connectivity index (χ2v) is 24.3. The molecule has 0 aromatic carbocycles. The molecule has 88 heavy (non-hydrogen) atoms. The first-order chi connectivity index (χ1) is 43.6. The number of rotatable bonds is 67. The smallest absolute Gasteiger partial charge is 0.306 e. The largest absolute Gasteiger partial charge is 0.462 e. The van der Waals surface area contributed by atoms with Gasteiger partial charge in [-0.3, -0.25) is 9.59 Å². The normalized spacial score (nSPS) is 13.2. The van der Waals surface area contributed by atoms with Crippen molar-refractivity contribution in [1.82, 2.24) is 0 Å². The van der Waals surface area contributed by atoms with Gasteiger partial charge in [-0.05, 0) is 122 Å². The number of aliphatic hydroxyl groups is 1. The maximum absolute atomic E-state index is 12.4. The summed E-state index contributed by atoms with van der Waals surface area (Å²) in [5.41, 5.74) is 0. The van der Waals surface area contributed by atoms with Gasteiger partial charge in [0.25, 0.3) is 0 Å². The zero-order chi connectivity index (χ0) is 63.3. The standard InChI is InChI=1S/C83H138O5/c1-3-5-7-9-11-13-15-17-19-21-23-25-27-29-31-33-35-37-38-39-40-41-42-43-44-46-47-49-51-53-55-57-59-61-63-65-67-69-71-73-75-77-82(85)87-80-81(79-84)88-83(86)78-76-74-72-70-68-66-64-62-60-58-56-54-52-50-48-45-36-34-32-30-28-26-24-22-20-18-16-14-12-10-8-6-4-2/h5-8,11-14,17-20,23-26,30,32,36,45,50,52,56,58,62,64,81,84H,3-4,9-10,15-16,21-22,27-29,31,33-35,37-44,46-49,51,53-55,57,59-61,63,65-80H2,1-2H3/b7-5-,8-6-,13-11-,14-12-,19-17-,20-18-,25-23-,26-24-,32-30-,45-36-,52-50-,58-56-,64-62-. The molecule has 0 fully saturated rings. The molecule has 0 radical (unpaired) electrons. The number of carbonyl (C=O) groups is 2. The van der Waals surface area contributed by atoms with Crippen LogP contribution in [0.3, 0.4) is 0 Å². The Labute approximate surface area is 545 Å². The highest BCUT2D eigenvalue weighted by Gasteiger charge is 2.16. The molecular formula is C83H138O5. The molecule has 1 atom stereocenters. The van der Waals surface area contributed by atoms with Crippen LogP contribution in [0.25, 0.3) is 0 Å². The molecule has 1 unspecified atom stereocenters. The molecule has 0 aliphatic heterocycles. The minimum Gasteiger partial charge on any atom is -0.462 e. The molecule has 0 rings (SSSR count). The van der Waals surface area contributed by atoms with Gasteiger partial charge in [0, 0.05) is 12.8 Å². The Bertz CT molecular complexity index is 1860. The zero-order valence-corrected chi connectivity index (χ0v) is 57.4. The van der Waals surface area contributed by atoms with Crippen molar-refractivity contribution in [2.45, 2.75) is 341 Å². The summed E-state index contributed by atoms with van der Waals surface area (Å²) in [6.45, 7) is 3.92. The van der Waals surface area contributed by atoms with Crippen molar-refractivity contribution in [2.75, 3.05) is 13.2 Å². The average Bonchev–Trinajstić information content (AvgIpc) is 3.56. The fourth-order valence-corrected chi connectivity index (χ4v) is 10.4. The molecule has 0 heterocycles. The third kappa shape index (κ3) is 74.0. The van der Waals surface area contributed by atoms with E-state index in [9.17, 15) is 14.7 Å². The minimum absolute atomic E-state index is 0.0792. The van der Waals surface area contributed by atoms with Gasteiger partial charge in [0.15, 0.2) is 6.10 Å². The number of aliphatic hydroxyl groups excluding tert-OH is 1. The van der Waals surface area contributed by atoms with Gasteiger partial charge in [-0.2, -0.15) is 0 Å². The van der Waals surface area contributed by atoms with Gasteiger partial charge in [-0.1, -0.05) is 358 Å². The molecular weight excluding hydrogens is 1080 g/mol. The van der Waals surface area contributed by atoms with E-state index in [1.165, 1.54) is 167 Å². The van der Waals surface area contributed by atoms with E-state index in [-0.39, 0.29) is 25.2 Å². The van der Waals surface area contributed by atoms with Crippen LogP contribution < -0.4 is 0 Å². The third-order valence-corrected chi connectivity index (χ3v) is 15.8. The number of esters is 2. The molecule has 0 aliphatic carbocycles. The van der Waals surface area contributed by atoms with Gasteiger partial charge in [0.05, 0.1) is 6.61 Å². The lowest BCUT2D eigenvalue weighted by atomic mass is 10.0. The first-order valence-corrected chi connectivity index (χ1v) is 37.0. The van der Waals surface area contributed by atoms with Crippen LogP contribution in [0.4, 0.5) is 0 Å². The number of allylic oxidation sites excluding steroid dienone is 26. The number of carbonyl (C=O) groups excluding carboxylic acids is 2. The van der Waals surface area contributed by atoms with Crippen molar-refractivity contribution in [3.05, 3.63) is 158 Å². The summed E-state index contributed by atoms with van der Waals surface area (Å²) in [6, 6.07) is 0. The summed E-state index contributed by atoms with van der Waals surface area (Å²) in [5.74, 6) is -0.609. The molecule has 500 valence electrons. The number of ether oxygens (including phenoxy) is 2. The van der Waals surface area contributed by atoms with Gasteiger partial charge in [0.2, 0.25) is 0 Å². The van der Waals surface area contributed by atoms with E-state index in [1.54, 1.807) is 0 Å². The van der Waals surface area contributed by atoms with Crippen LogP contribution in [-0.2, 0) is 19.1 Å². The highest BCUT2D eigenvalue weighted by molar-refractivity contribution is 5.70. The van der Waals surface area contributed by atoms with Gasteiger partial charge in [0.1, 0.15) is 6.61 Å². The van der Waals surface area contributed by atoms with E-state index in [2.05, 4.69) is 172 Å². The first kappa shape index (κ1) is 83.5. The number of unbranched alkanes of at least 4 members (excludes halogenated alkanes) is 33. The second kappa shape index (κ2) is 76.8. The van der Waals surface area contributed by atoms with Gasteiger partial charge in [-0.15, -0.1) is 0 Å². The maximum Gasteiger partial charge on any atom is 0.306 e. The Kier molecular flexibility index (Phi) is 72.9. The number of hydrogen-bond donors (Lipinski definition) is 1. The van der Waals surface area contributed by atoms with E-state index in [0.717, 1.165) is 141 Å². The summed E-state index contributed by atoms with van der Waals surface area (Å²) in [6.07, 6.45) is 117.